The van der Waals surface area contributed by atoms with Crippen LogP contribution in [0.3, 0.4) is 0 Å². The van der Waals surface area contributed by atoms with E-state index in [1.165, 1.54) is 12.3 Å². The Bertz CT molecular complexity index is 836. The molecule has 8 nitrogen and oxygen atoms in total. The van der Waals surface area contributed by atoms with Gasteiger partial charge in [0.2, 0.25) is 5.90 Å². The fraction of sp³-hybridized carbons (Fsp3) is 0.316. The van der Waals surface area contributed by atoms with Crippen molar-refractivity contribution in [1.29, 1.82) is 5.41 Å². The Balaban J connectivity index is 1.69. The molecule has 2 amide bonds. The lowest BCUT2D eigenvalue weighted by Gasteiger charge is -2.24. The van der Waals surface area contributed by atoms with Gasteiger partial charge < -0.3 is 20.9 Å². The van der Waals surface area contributed by atoms with Gasteiger partial charge in [-0.3, -0.25) is 10.7 Å². The minimum absolute atomic E-state index is 0.0707. The SMILES string of the molecule is CCOC(=N)c1cnc(NC(=O)N[C@@H](c2ccccc2)C2(O)CC2)cc1N. The van der Waals surface area contributed by atoms with E-state index in [1.807, 2.05) is 30.3 Å². The summed E-state index contributed by atoms with van der Waals surface area (Å²) in [5, 5.41) is 23.7. The Morgan fingerprint density at radius 2 is 2.11 bits per heavy atom. The summed E-state index contributed by atoms with van der Waals surface area (Å²) >= 11 is 0. The maximum absolute atomic E-state index is 12.4. The van der Waals surface area contributed by atoms with Gasteiger partial charge in [-0.1, -0.05) is 30.3 Å². The minimum atomic E-state index is -0.929. The summed E-state index contributed by atoms with van der Waals surface area (Å²) in [6.07, 6.45) is 2.64. The number of carbonyl (C=O) groups excluding carboxylic acids is 1. The van der Waals surface area contributed by atoms with Crippen molar-refractivity contribution < 1.29 is 14.6 Å². The summed E-state index contributed by atoms with van der Waals surface area (Å²) in [6.45, 7) is 2.12. The number of amides is 2. The lowest BCUT2D eigenvalue weighted by Crippen LogP contribution is -2.40. The van der Waals surface area contributed by atoms with Crippen LogP contribution in [0.2, 0.25) is 0 Å². The number of aromatic nitrogens is 1. The van der Waals surface area contributed by atoms with Gasteiger partial charge in [0, 0.05) is 18.0 Å². The number of rotatable bonds is 6. The number of pyridine rings is 1. The van der Waals surface area contributed by atoms with Gasteiger partial charge in [-0.2, -0.15) is 0 Å². The minimum Gasteiger partial charge on any atom is -0.478 e. The molecule has 0 aliphatic heterocycles. The molecule has 8 heteroatoms. The van der Waals surface area contributed by atoms with Crippen LogP contribution in [0.25, 0.3) is 0 Å². The summed E-state index contributed by atoms with van der Waals surface area (Å²) < 4.78 is 5.11. The Morgan fingerprint density at radius 3 is 2.70 bits per heavy atom. The number of ether oxygens (including phenoxy) is 1. The van der Waals surface area contributed by atoms with Crippen molar-refractivity contribution in [2.45, 2.75) is 31.4 Å². The molecular weight excluding hydrogens is 346 g/mol. The molecule has 1 aliphatic carbocycles. The van der Waals surface area contributed by atoms with Gasteiger partial charge in [-0.15, -0.1) is 0 Å². The van der Waals surface area contributed by atoms with E-state index in [2.05, 4.69) is 15.6 Å². The predicted octanol–water partition coefficient (Wildman–Crippen LogP) is 2.41. The highest BCUT2D eigenvalue weighted by Gasteiger charge is 2.49. The zero-order valence-electron chi connectivity index (χ0n) is 15.0. The number of nitrogens with zero attached hydrogens (tertiary/aromatic N) is 1. The highest BCUT2D eigenvalue weighted by Crippen LogP contribution is 2.45. The third-order valence-corrected chi connectivity index (χ3v) is 4.42. The second-order valence-electron chi connectivity index (χ2n) is 6.46. The van der Waals surface area contributed by atoms with E-state index in [0.29, 0.717) is 25.0 Å². The summed E-state index contributed by atoms with van der Waals surface area (Å²) in [5.41, 5.74) is 6.47. The van der Waals surface area contributed by atoms with Crippen molar-refractivity contribution in [3.8, 4) is 0 Å². The lowest BCUT2D eigenvalue weighted by atomic mass is 10.00. The van der Waals surface area contributed by atoms with Gasteiger partial charge in [0.1, 0.15) is 5.82 Å². The molecule has 0 radical (unpaired) electrons. The van der Waals surface area contributed by atoms with Gasteiger partial charge in [0.15, 0.2) is 0 Å². The van der Waals surface area contributed by atoms with Crippen molar-refractivity contribution in [2.24, 2.45) is 0 Å². The molecule has 1 atom stereocenters. The van der Waals surface area contributed by atoms with Crippen molar-refractivity contribution in [1.82, 2.24) is 10.3 Å². The number of hydrogen-bond acceptors (Lipinski definition) is 6. The fourth-order valence-electron chi connectivity index (χ4n) is 2.82. The van der Waals surface area contributed by atoms with Gasteiger partial charge >= 0.3 is 6.03 Å². The summed E-state index contributed by atoms with van der Waals surface area (Å²) in [7, 11) is 0. The second kappa shape index (κ2) is 7.63. The first-order valence-electron chi connectivity index (χ1n) is 8.75. The molecule has 27 heavy (non-hydrogen) atoms. The first-order valence-corrected chi connectivity index (χ1v) is 8.75. The molecule has 2 aromatic rings. The monoisotopic (exact) mass is 369 g/mol. The third kappa shape index (κ3) is 4.35. The lowest BCUT2D eigenvalue weighted by molar-refractivity contribution is 0.106. The van der Waals surface area contributed by atoms with Gasteiger partial charge in [0.25, 0.3) is 0 Å². The number of nitrogens with two attached hydrogens (primary N) is 1. The smallest absolute Gasteiger partial charge is 0.320 e. The van der Waals surface area contributed by atoms with Crippen LogP contribution in [-0.4, -0.2) is 34.2 Å². The summed E-state index contributed by atoms with van der Waals surface area (Å²) in [4.78, 5) is 16.5. The molecule has 142 valence electrons. The number of benzene rings is 1. The third-order valence-electron chi connectivity index (χ3n) is 4.42. The molecule has 1 aliphatic rings. The highest BCUT2D eigenvalue weighted by molar-refractivity contribution is 5.97. The Morgan fingerprint density at radius 1 is 1.41 bits per heavy atom. The van der Waals surface area contributed by atoms with Gasteiger partial charge in [-0.05, 0) is 25.3 Å². The molecule has 1 fully saturated rings. The van der Waals surface area contributed by atoms with Crippen molar-refractivity contribution in [3.05, 3.63) is 53.7 Å². The van der Waals surface area contributed by atoms with E-state index in [9.17, 15) is 9.90 Å². The number of anilines is 2. The molecule has 1 heterocycles. The number of nitrogens with one attached hydrogen (secondary N) is 3. The Kier molecular flexibility index (Phi) is 5.27. The molecule has 0 unspecified atom stereocenters. The molecule has 1 saturated carbocycles. The van der Waals surface area contributed by atoms with Gasteiger partial charge in [0.05, 0.1) is 23.8 Å². The topological polar surface area (TPSA) is 133 Å². The van der Waals surface area contributed by atoms with Crippen molar-refractivity contribution in [2.75, 3.05) is 17.7 Å². The average Bonchev–Trinajstić information content (AvgIpc) is 3.39. The van der Waals surface area contributed by atoms with Crippen LogP contribution < -0.4 is 16.4 Å². The van der Waals surface area contributed by atoms with E-state index in [0.717, 1.165) is 5.56 Å². The normalized spacial score (nSPS) is 15.5. The van der Waals surface area contributed by atoms with Crippen LogP contribution in [0, 0.1) is 5.41 Å². The largest absolute Gasteiger partial charge is 0.478 e. The van der Waals surface area contributed by atoms with Gasteiger partial charge in [-0.25, -0.2) is 9.78 Å². The maximum atomic E-state index is 12.4. The van der Waals surface area contributed by atoms with E-state index in [4.69, 9.17) is 15.9 Å². The van der Waals surface area contributed by atoms with Crippen LogP contribution in [0.15, 0.2) is 42.6 Å². The number of carbonyl (C=O) groups is 1. The Hall–Kier alpha value is -3.13. The van der Waals surface area contributed by atoms with E-state index >= 15 is 0 Å². The molecule has 0 bridgehead atoms. The zero-order valence-corrected chi connectivity index (χ0v) is 15.0. The van der Waals surface area contributed by atoms with Crippen molar-refractivity contribution in [3.63, 3.8) is 0 Å². The molecule has 6 N–H and O–H groups in total. The Labute approximate surface area is 157 Å². The molecule has 1 aromatic heterocycles. The quantitative estimate of drug-likeness (QED) is 0.394. The first-order chi connectivity index (χ1) is 12.9. The predicted molar refractivity (Wildman–Crippen MR) is 103 cm³/mol. The number of urea groups is 1. The molecule has 3 rings (SSSR count). The van der Waals surface area contributed by atoms with Crippen LogP contribution in [0.4, 0.5) is 16.3 Å². The summed E-state index contributed by atoms with van der Waals surface area (Å²) in [5.74, 6) is 0.172. The van der Waals surface area contributed by atoms with E-state index in [-0.39, 0.29) is 17.4 Å². The van der Waals surface area contributed by atoms with Crippen LogP contribution in [0.1, 0.15) is 36.9 Å². The van der Waals surface area contributed by atoms with Crippen LogP contribution in [-0.2, 0) is 4.74 Å². The molecule has 1 aromatic carbocycles. The molecule has 0 spiro atoms. The maximum Gasteiger partial charge on any atom is 0.320 e. The van der Waals surface area contributed by atoms with E-state index in [1.54, 1.807) is 6.92 Å². The number of aliphatic hydroxyl groups is 1. The van der Waals surface area contributed by atoms with Crippen molar-refractivity contribution >= 4 is 23.4 Å². The summed E-state index contributed by atoms with van der Waals surface area (Å²) in [6, 6.07) is 9.80. The molecule has 0 saturated heterocycles. The second-order valence-corrected chi connectivity index (χ2v) is 6.46. The first kappa shape index (κ1) is 18.7. The number of hydrogen-bond donors (Lipinski definition) is 5. The fourth-order valence-corrected chi connectivity index (χ4v) is 2.82. The van der Waals surface area contributed by atoms with E-state index < -0.39 is 17.7 Å². The molecular formula is C19H23N5O3. The van der Waals surface area contributed by atoms with Crippen LogP contribution >= 0.6 is 0 Å². The zero-order chi connectivity index (χ0) is 19.4. The number of nitrogen functional groups attached to an aromatic ring is 1. The average molecular weight is 369 g/mol. The van der Waals surface area contributed by atoms with Crippen LogP contribution in [0.5, 0.6) is 0 Å². The highest BCUT2D eigenvalue weighted by atomic mass is 16.5. The standard InChI is InChI=1S/C19H23N5O3/c1-2-27-17(21)13-11-22-15(10-14(13)20)23-18(25)24-16(19(26)8-9-19)12-6-4-3-5-7-12/h3-7,10-11,16,21,26H,2,8-9H2,1H3,(H4,20,22,23,24,25)/t16-/m0/s1.